The summed E-state index contributed by atoms with van der Waals surface area (Å²) in [6, 6.07) is 0. The first-order valence-electron chi connectivity index (χ1n) is 7.69. The van der Waals surface area contributed by atoms with Crippen LogP contribution >= 0.6 is 11.3 Å². The number of ether oxygens (including phenoxy) is 1. The minimum Gasteiger partial charge on any atom is -0.466 e. The molecule has 2 heterocycles. The van der Waals surface area contributed by atoms with E-state index in [1.54, 1.807) is 12.3 Å². The molecule has 0 spiro atoms. The first-order chi connectivity index (χ1) is 10.6. The van der Waals surface area contributed by atoms with Gasteiger partial charge in [-0.15, -0.1) is 11.3 Å². The highest BCUT2D eigenvalue weighted by molar-refractivity contribution is 7.13. The Morgan fingerprint density at radius 1 is 1.45 bits per heavy atom. The summed E-state index contributed by atoms with van der Waals surface area (Å²) in [5, 5.41) is 5.11. The summed E-state index contributed by atoms with van der Waals surface area (Å²) in [7, 11) is 0. The van der Waals surface area contributed by atoms with Gasteiger partial charge in [-0.2, -0.15) is 0 Å². The van der Waals surface area contributed by atoms with Gasteiger partial charge in [0.25, 0.3) is 0 Å². The van der Waals surface area contributed by atoms with Crippen LogP contribution in [0.1, 0.15) is 32.4 Å². The number of amides is 1. The summed E-state index contributed by atoms with van der Waals surface area (Å²) in [6.07, 6.45) is 2.44. The van der Waals surface area contributed by atoms with Crippen molar-refractivity contribution in [3.05, 3.63) is 11.1 Å². The molecule has 0 aromatic carbocycles. The zero-order chi connectivity index (χ0) is 15.9. The zero-order valence-electron chi connectivity index (χ0n) is 13.1. The molecular weight excluding hydrogens is 302 g/mol. The highest BCUT2D eigenvalue weighted by atomic mass is 32.1. The number of nitrogens with zero attached hydrogens (tertiary/aromatic N) is 2. The fraction of sp³-hybridized carbons (Fsp3) is 0.667. The monoisotopic (exact) mass is 325 g/mol. The van der Waals surface area contributed by atoms with Gasteiger partial charge in [0.05, 0.1) is 25.3 Å². The lowest BCUT2D eigenvalue weighted by Crippen LogP contribution is -2.38. The third-order valence-electron chi connectivity index (χ3n) is 3.67. The molecule has 0 saturated carbocycles. The molecule has 1 amide bonds. The SMILES string of the molecule is CCOC(=O)Cc1csc(NC(=O)CN2CCC(C)CC2)n1. The molecule has 1 fully saturated rings. The maximum atomic E-state index is 12.0. The number of thiazole rings is 1. The predicted octanol–water partition coefficient (Wildman–Crippen LogP) is 1.92. The van der Waals surface area contributed by atoms with E-state index in [9.17, 15) is 9.59 Å². The quantitative estimate of drug-likeness (QED) is 0.809. The molecule has 1 N–H and O–H groups in total. The van der Waals surface area contributed by atoms with E-state index in [1.807, 2.05) is 0 Å². The Balaban J connectivity index is 1.77. The molecule has 1 aromatic heterocycles. The summed E-state index contributed by atoms with van der Waals surface area (Å²) >= 11 is 1.33. The molecule has 0 atom stereocenters. The summed E-state index contributed by atoms with van der Waals surface area (Å²) < 4.78 is 4.88. The van der Waals surface area contributed by atoms with Gasteiger partial charge in [0, 0.05) is 5.38 Å². The lowest BCUT2D eigenvalue weighted by Gasteiger charge is -2.29. The van der Waals surface area contributed by atoms with Crippen LogP contribution in [0, 0.1) is 5.92 Å². The fourth-order valence-corrected chi connectivity index (χ4v) is 3.11. The molecular formula is C15H23N3O3S. The van der Waals surface area contributed by atoms with Gasteiger partial charge in [-0.1, -0.05) is 6.92 Å². The fourth-order valence-electron chi connectivity index (χ4n) is 2.39. The number of esters is 1. The minimum atomic E-state index is -0.298. The van der Waals surface area contributed by atoms with Crippen molar-refractivity contribution in [2.24, 2.45) is 5.92 Å². The molecule has 0 radical (unpaired) electrons. The normalized spacial score (nSPS) is 16.5. The number of piperidine rings is 1. The number of anilines is 1. The van der Waals surface area contributed by atoms with E-state index < -0.39 is 0 Å². The van der Waals surface area contributed by atoms with E-state index in [2.05, 4.69) is 22.1 Å². The number of likely N-dealkylation sites (tertiary alicyclic amines) is 1. The van der Waals surface area contributed by atoms with Crippen molar-refractivity contribution in [3.8, 4) is 0 Å². The number of aromatic nitrogens is 1. The van der Waals surface area contributed by atoms with Crippen LogP contribution in [0.2, 0.25) is 0 Å². The van der Waals surface area contributed by atoms with Gasteiger partial charge in [0.15, 0.2) is 5.13 Å². The van der Waals surface area contributed by atoms with Gasteiger partial charge in [0.1, 0.15) is 0 Å². The van der Waals surface area contributed by atoms with Crippen molar-refractivity contribution in [1.82, 2.24) is 9.88 Å². The Bertz CT molecular complexity index is 510. The molecule has 122 valence electrons. The van der Waals surface area contributed by atoms with Crippen molar-refractivity contribution >= 4 is 28.3 Å². The van der Waals surface area contributed by atoms with Crippen LogP contribution in [0.25, 0.3) is 0 Å². The van der Waals surface area contributed by atoms with E-state index in [0.29, 0.717) is 24.0 Å². The van der Waals surface area contributed by atoms with Crippen LogP contribution in [0.3, 0.4) is 0 Å². The van der Waals surface area contributed by atoms with E-state index >= 15 is 0 Å². The lowest BCUT2D eigenvalue weighted by atomic mass is 9.99. The number of hydrogen-bond donors (Lipinski definition) is 1. The Kier molecular flexibility index (Phi) is 6.33. The number of carbonyl (C=O) groups is 2. The average Bonchev–Trinajstić information content (AvgIpc) is 2.88. The summed E-state index contributed by atoms with van der Waals surface area (Å²) in [5.41, 5.74) is 0.630. The molecule has 6 nitrogen and oxygen atoms in total. The molecule has 1 aromatic rings. The van der Waals surface area contributed by atoms with Crippen molar-refractivity contribution in [2.45, 2.75) is 33.1 Å². The molecule has 0 aliphatic carbocycles. The Hall–Kier alpha value is -1.47. The average molecular weight is 325 g/mol. The maximum absolute atomic E-state index is 12.0. The summed E-state index contributed by atoms with van der Waals surface area (Å²) in [4.78, 5) is 29.8. The van der Waals surface area contributed by atoms with Crippen molar-refractivity contribution < 1.29 is 14.3 Å². The topological polar surface area (TPSA) is 71.5 Å². The molecule has 1 aliphatic rings. The van der Waals surface area contributed by atoms with Crippen LogP contribution in [-0.4, -0.2) is 48.0 Å². The minimum absolute atomic E-state index is 0.0495. The number of hydrogen-bond acceptors (Lipinski definition) is 6. The van der Waals surface area contributed by atoms with Gasteiger partial charge in [0.2, 0.25) is 5.91 Å². The standard InChI is InChI=1S/C15H23N3O3S/c1-3-21-14(20)8-12-10-22-15(16-12)17-13(19)9-18-6-4-11(2)5-7-18/h10-11H,3-9H2,1-2H3,(H,16,17,19). The third kappa shape index (κ3) is 5.38. The summed E-state index contributed by atoms with van der Waals surface area (Å²) in [5.74, 6) is 0.406. The molecule has 0 bridgehead atoms. The van der Waals surface area contributed by atoms with E-state index in [0.717, 1.165) is 31.8 Å². The molecule has 2 rings (SSSR count). The first kappa shape index (κ1) is 16.9. The van der Waals surface area contributed by atoms with Gasteiger partial charge in [-0.05, 0) is 38.8 Å². The van der Waals surface area contributed by atoms with E-state index in [1.165, 1.54) is 11.3 Å². The van der Waals surface area contributed by atoms with Gasteiger partial charge < -0.3 is 10.1 Å². The second kappa shape index (κ2) is 8.24. The molecule has 22 heavy (non-hydrogen) atoms. The molecule has 0 unspecified atom stereocenters. The zero-order valence-corrected chi connectivity index (χ0v) is 13.9. The molecule has 7 heteroatoms. The molecule has 1 saturated heterocycles. The summed E-state index contributed by atoms with van der Waals surface area (Å²) in [6.45, 7) is 6.73. The van der Waals surface area contributed by atoms with Gasteiger partial charge in [-0.3, -0.25) is 14.5 Å². The van der Waals surface area contributed by atoms with Crippen LogP contribution in [0.4, 0.5) is 5.13 Å². The Labute approximate surface area is 134 Å². The van der Waals surface area contributed by atoms with Crippen molar-refractivity contribution in [1.29, 1.82) is 0 Å². The van der Waals surface area contributed by atoms with Gasteiger partial charge >= 0.3 is 5.97 Å². The Morgan fingerprint density at radius 3 is 2.86 bits per heavy atom. The lowest BCUT2D eigenvalue weighted by molar-refractivity contribution is -0.142. The predicted molar refractivity (Wildman–Crippen MR) is 85.9 cm³/mol. The number of carbonyl (C=O) groups excluding carboxylic acids is 2. The van der Waals surface area contributed by atoms with Crippen LogP contribution in [0.5, 0.6) is 0 Å². The maximum Gasteiger partial charge on any atom is 0.311 e. The van der Waals surface area contributed by atoms with Crippen LogP contribution in [0.15, 0.2) is 5.38 Å². The molecule has 1 aliphatic heterocycles. The smallest absolute Gasteiger partial charge is 0.311 e. The van der Waals surface area contributed by atoms with Crippen molar-refractivity contribution in [3.63, 3.8) is 0 Å². The Morgan fingerprint density at radius 2 is 2.18 bits per heavy atom. The van der Waals surface area contributed by atoms with E-state index in [-0.39, 0.29) is 18.3 Å². The van der Waals surface area contributed by atoms with Crippen LogP contribution in [-0.2, 0) is 20.7 Å². The third-order valence-corrected chi connectivity index (χ3v) is 4.48. The second-order valence-electron chi connectivity index (χ2n) is 5.63. The highest BCUT2D eigenvalue weighted by Gasteiger charge is 2.18. The highest BCUT2D eigenvalue weighted by Crippen LogP contribution is 2.18. The van der Waals surface area contributed by atoms with Crippen molar-refractivity contribution in [2.75, 3.05) is 31.6 Å². The largest absolute Gasteiger partial charge is 0.466 e. The van der Waals surface area contributed by atoms with Gasteiger partial charge in [-0.25, -0.2) is 4.98 Å². The first-order valence-corrected chi connectivity index (χ1v) is 8.57. The van der Waals surface area contributed by atoms with Crippen LogP contribution < -0.4 is 5.32 Å². The second-order valence-corrected chi connectivity index (χ2v) is 6.49. The van der Waals surface area contributed by atoms with E-state index in [4.69, 9.17) is 4.74 Å². The number of nitrogens with one attached hydrogen (secondary N) is 1. The number of rotatable bonds is 6.